The van der Waals surface area contributed by atoms with Crippen molar-refractivity contribution in [3.63, 3.8) is 0 Å². The fraction of sp³-hybridized carbons (Fsp3) is 0.250. The first-order chi connectivity index (χ1) is 11.7. The molecule has 2 aromatic heterocycles. The van der Waals surface area contributed by atoms with Crippen LogP contribution in [0.15, 0.2) is 36.9 Å². The second kappa shape index (κ2) is 7.22. The molecule has 0 spiro atoms. The van der Waals surface area contributed by atoms with E-state index in [0.717, 1.165) is 15.6 Å². The number of esters is 1. The van der Waals surface area contributed by atoms with Gasteiger partial charge in [-0.15, -0.1) is 11.3 Å². The molecule has 7 nitrogen and oxygen atoms in total. The summed E-state index contributed by atoms with van der Waals surface area (Å²) in [5, 5.41) is 7.77. The van der Waals surface area contributed by atoms with Crippen molar-refractivity contribution in [3.05, 3.63) is 47.4 Å². The van der Waals surface area contributed by atoms with E-state index in [4.69, 9.17) is 4.74 Å². The van der Waals surface area contributed by atoms with Crippen molar-refractivity contribution in [2.45, 2.75) is 19.5 Å². The van der Waals surface area contributed by atoms with E-state index in [-0.39, 0.29) is 18.4 Å². The second-order valence-corrected chi connectivity index (χ2v) is 6.13. The largest absolute Gasteiger partial charge is 0.465 e. The van der Waals surface area contributed by atoms with Crippen molar-refractivity contribution in [2.75, 3.05) is 7.11 Å². The van der Waals surface area contributed by atoms with E-state index < -0.39 is 0 Å². The highest BCUT2D eigenvalue weighted by molar-refractivity contribution is 7.21. The van der Waals surface area contributed by atoms with E-state index in [1.807, 2.05) is 24.3 Å². The standard InChI is InChI=1S/C16H16N4O3S/c1-23-16(22)15-12(11-4-2-3-5-13(11)24-15)8-18-14(21)6-7-20-10-17-9-19-20/h2-5,9-10H,6-8H2,1H3,(H,18,21). The predicted octanol–water partition coefficient (Wildman–Crippen LogP) is 1.99. The lowest BCUT2D eigenvalue weighted by molar-refractivity contribution is -0.121. The van der Waals surface area contributed by atoms with Crippen LogP contribution in [0, 0.1) is 0 Å². The van der Waals surface area contributed by atoms with Gasteiger partial charge >= 0.3 is 5.97 Å². The molecule has 3 aromatic rings. The Hall–Kier alpha value is -2.74. The molecule has 2 heterocycles. The number of thiophene rings is 1. The number of methoxy groups -OCH3 is 1. The van der Waals surface area contributed by atoms with Crippen LogP contribution in [-0.2, 0) is 22.6 Å². The molecule has 0 radical (unpaired) electrons. The lowest BCUT2D eigenvalue weighted by Crippen LogP contribution is -2.24. The number of carbonyl (C=O) groups excluding carboxylic acids is 2. The Morgan fingerprint density at radius 1 is 1.33 bits per heavy atom. The maximum absolute atomic E-state index is 12.0. The summed E-state index contributed by atoms with van der Waals surface area (Å²) in [5.41, 5.74) is 0.788. The molecule has 124 valence electrons. The monoisotopic (exact) mass is 344 g/mol. The zero-order valence-electron chi connectivity index (χ0n) is 13.1. The summed E-state index contributed by atoms with van der Waals surface area (Å²) < 4.78 is 7.44. The van der Waals surface area contributed by atoms with Crippen LogP contribution < -0.4 is 5.32 Å². The molecule has 0 atom stereocenters. The molecule has 1 amide bonds. The van der Waals surface area contributed by atoms with Crippen molar-refractivity contribution >= 4 is 33.3 Å². The number of fused-ring (bicyclic) bond motifs is 1. The molecule has 1 aromatic carbocycles. The molecule has 0 aliphatic heterocycles. The number of hydrogen-bond acceptors (Lipinski definition) is 6. The van der Waals surface area contributed by atoms with Gasteiger partial charge in [-0.25, -0.2) is 9.78 Å². The van der Waals surface area contributed by atoms with Crippen molar-refractivity contribution in [1.29, 1.82) is 0 Å². The molecule has 1 N–H and O–H groups in total. The third kappa shape index (κ3) is 3.43. The van der Waals surface area contributed by atoms with Gasteiger partial charge in [0.2, 0.25) is 5.91 Å². The third-order valence-corrected chi connectivity index (χ3v) is 4.76. The first-order valence-corrected chi connectivity index (χ1v) is 8.18. The van der Waals surface area contributed by atoms with Gasteiger partial charge in [-0.05, 0) is 11.5 Å². The summed E-state index contributed by atoms with van der Waals surface area (Å²) in [4.78, 5) is 28.4. The molecule has 0 aliphatic carbocycles. The first kappa shape index (κ1) is 16.1. The van der Waals surface area contributed by atoms with Gasteiger partial charge in [-0.3, -0.25) is 9.48 Å². The fourth-order valence-electron chi connectivity index (χ4n) is 2.37. The molecule has 3 rings (SSSR count). The van der Waals surface area contributed by atoms with Gasteiger partial charge < -0.3 is 10.1 Å². The lowest BCUT2D eigenvalue weighted by atomic mass is 10.1. The van der Waals surface area contributed by atoms with Gasteiger partial charge in [0.1, 0.15) is 17.5 Å². The Balaban J connectivity index is 1.71. The van der Waals surface area contributed by atoms with Gasteiger partial charge in [0.25, 0.3) is 0 Å². The lowest BCUT2D eigenvalue weighted by Gasteiger charge is -2.07. The minimum Gasteiger partial charge on any atom is -0.465 e. The Morgan fingerprint density at radius 2 is 2.17 bits per heavy atom. The van der Waals surface area contributed by atoms with E-state index in [1.165, 1.54) is 24.8 Å². The van der Waals surface area contributed by atoms with Crippen LogP contribution in [-0.4, -0.2) is 33.8 Å². The van der Waals surface area contributed by atoms with Crippen LogP contribution in [0.4, 0.5) is 0 Å². The maximum Gasteiger partial charge on any atom is 0.348 e. The van der Waals surface area contributed by atoms with E-state index >= 15 is 0 Å². The Bertz CT molecular complexity index is 857. The summed E-state index contributed by atoms with van der Waals surface area (Å²) in [6, 6.07) is 7.71. The number of amides is 1. The molecule has 8 heteroatoms. The number of benzene rings is 1. The van der Waals surface area contributed by atoms with Gasteiger partial charge in [-0.1, -0.05) is 18.2 Å². The number of aryl methyl sites for hydroxylation is 1. The highest BCUT2D eigenvalue weighted by atomic mass is 32.1. The van der Waals surface area contributed by atoms with Crippen molar-refractivity contribution < 1.29 is 14.3 Å². The average Bonchev–Trinajstić information content (AvgIpc) is 3.25. The van der Waals surface area contributed by atoms with Crippen molar-refractivity contribution in [3.8, 4) is 0 Å². The highest BCUT2D eigenvalue weighted by Gasteiger charge is 2.19. The zero-order chi connectivity index (χ0) is 16.9. The van der Waals surface area contributed by atoms with E-state index in [2.05, 4.69) is 15.4 Å². The van der Waals surface area contributed by atoms with Crippen molar-refractivity contribution in [1.82, 2.24) is 20.1 Å². The SMILES string of the molecule is COC(=O)c1sc2ccccc2c1CNC(=O)CCn1cncn1. The number of nitrogens with zero attached hydrogens (tertiary/aromatic N) is 3. The Morgan fingerprint density at radius 3 is 2.92 bits per heavy atom. The van der Waals surface area contributed by atoms with Crippen LogP contribution in [0.2, 0.25) is 0 Å². The molecule has 24 heavy (non-hydrogen) atoms. The quantitative estimate of drug-likeness (QED) is 0.691. The first-order valence-electron chi connectivity index (χ1n) is 7.37. The van der Waals surface area contributed by atoms with Gasteiger partial charge in [0.05, 0.1) is 13.7 Å². The molecular weight excluding hydrogens is 328 g/mol. The normalized spacial score (nSPS) is 10.7. The number of hydrogen-bond donors (Lipinski definition) is 1. The summed E-state index contributed by atoms with van der Waals surface area (Å²) in [6.07, 6.45) is 3.28. The molecular formula is C16H16N4O3S. The maximum atomic E-state index is 12.0. The summed E-state index contributed by atoms with van der Waals surface area (Å²) in [7, 11) is 1.35. The van der Waals surface area contributed by atoms with E-state index in [9.17, 15) is 9.59 Å². The Labute approximate surface area is 142 Å². The molecule has 0 aliphatic rings. The Kier molecular flexibility index (Phi) is 4.85. The smallest absolute Gasteiger partial charge is 0.348 e. The summed E-state index contributed by atoms with van der Waals surface area (Å²) in [5.74, 6) is -0.500. The highest BCUT2D eigenvalue weighted by Crippen LogP contribution is 2.31. The third-order valence-electron chi connectivity index (χ3n) is 3.57. The second-order valence-electron chi connectivity index (χ2n) is 5.08. The minimum absolute atomic E-state index is 0.114. The predicted molar refractivity (Wildman–Crippen MR) is 89.7 cm³/mol. The number of rotatable bonds is 6. The molecule has 0 saturated carbocycles. The van der Waals surface area contributed by atoms with Gasteiger partial charge in [-0.2, -0.15) is 5.10 Å². The molecule has 0 bridgehead atoms. The minimum atomic E-state index is -0.386. The van der Waals surface area contributed by atoms with Crippen LogP contribution in [0.3, 0.4) is 0 Å². The van der Waals surface area contributed by atoms with Crippen molar-refractivity contribution in [2.24, 2.45) is 0 Å². The van der Waals surface area contributed by atoms with Crippen LogP contribution in [0.5, 0.6) is 0 Å². The molecule has 0 fully saturated rings. The van der Waals surface area contributed by atoms with Gasteiger partial charge in [0.15, 0.2) is 0 Å². The van der Waals surface area contributed by atoms with E-state index in [0.29, 0.717) is 17.8 Å². The number of aromatic nitrogens is 3. The topological polar surface area (TPSA) is 86.1 Å². The van der Waals surface area contributed by atoms with Crippen LogP contribution in [0.1, 0.15) is 21.7 Å². The van der Waals surface area contributed by atoms with E-state index in [1.54, 1.807) is 11.0 Å². The number of carbonyl (C=O) groups is 2. The van der Waals surface area contributed by atoms with Gasteiger partial charge in [0, 0.05) is 23.2 Å². The number of ether oxygens (including phenoxy) is 1. The summed E-state index contributed by atoms with van der Waals surface area (Å²) in [6.45, 7) is 0.741. The molecule has 0 saturated heterocycles. The average molecular weight is 344 g/mol. The number of nitrogens with one attached hydrogen (secondary N) is 1. The molecule has 0 unspecified atom stereocenters. The summed E-state index contributed by atoms with van der Waals surface area (Å²) >= 11 is 1.37. The fourth-order valence-corrected chi connectivity index (χ4v) is 3.51. The van der Waals surface area contributed by atoms with Crippen LogP contribution in [0.25, 0.3) is 10.1 Å². The van der Waals surface area contributed by atoms with Crippen LogP contribution >= 0.6 is 11.3 Å². The zero-order valence-corrected chi connectivity index (χ0v) is 13.9.